The van der Waals surface area contributed by atoms with Crippen LogP contribution in [0.2, 0.25) is 0 Å². The summed E-state index contributed by atoms with van der Waals surface area (Å²) in [4.78, 5) is 22.6. The van der Waals surface area contributed by atoms with Crippen molar-refractivity contribution in [2.75, 3.05) is 18.5 Å². The van der Waals surface area contributed by atoms with E-state index in [9.17, 15) is 14.9 Å². The predicted octanol–water partition coefficient (Wildman–Crippen LogP) is 2.20. The highest BCUT2D eigenvalue weighted by Gasteiger charge is 2.21. The molecule has 142 valence electrons. The maximum atomic E-state index is 12.0. The number of nitrogens with one attached hydrogen (secondary N) is 1. The Morgan fingerprint density at radius 1 is 1.35 bits per heavy atom. The molecule has 0 atom stereocenters. The summed E-state index contributed by atoms with van der Waals surface area (Å²) in [6, 6.07) is 6.96. The zero-order valence-electron chi connectivity index (χ0n) is 14.6. The van der Waals surface area contributed by atoms with Gasteiger partial charge < -0.3 is 15.8 Å². The molecular formula is C16H22ClN5O4. The monoisotopic (exact) mass is 383 g/mol. The van der Waals surface area contributed by atoms with Crippen molar-refractivity contribution in [3.05, 3.63) is 45.8 Å². The van der Waals surface area contributed by atoms with E-state index in [0.717, 1.165) is 0 Å². The Labute approximate surface area is 157 Å². The molecule has 0 saturated heterocycles. The Bertz CT molecular complexity index is 761. The molecule has 0 aliphatic carbocycles. The van der Waals surface area contributed by atoms with E-state index in [4.69, 9.17) is 10.5 Å². The fourth-order valence-electron chi connectivity index (χ4n) is 2.41. The van der Waals surface area contributed by atoms with Crippen molar-refractivity contribution >= 4 is 29.7 Å². The summed E-state index contributed by atoms with van der Waals surface area (Å²) in [7, 11) is 0. The van der Waals surface area contributed by atoms with E-state index in [1.807, 2.05) is 0 Å². The number of carbonyl (C=O) groups excluding carboxylic acids is 1. The molecule has 0 unspecified atom stereocenters. The molecule has 0 saturated carbocycles. The highest BCUT2D eigenvalue weighted by Crippen LogP contribution is 2.22. The second kappa shape index (κ2) is 9.73. The van der Waals surface area contributed by atoms with Crippen LogP contribution in [-0.2, 0) is 11.3 Å². The molecule has 1 aromatic carbocycles. The Kier molecular flexibility index (Phi) is 8.01. The third kappa shape index (κ3) is 5.43. The van der Waals surface area contributed by atoms with Gasteiger partial charge in [-0.3, -0.25) is 19.6 Å². The topological polar surface area (TPSA) is 125 Å². The van der Waals surface area contributed by atoms with Crippen molar-refractivity contribution in [1.29, 1.82) is 0 Å². The molecule has 10 heteroatoms. The van der Waals surface area contributed by atoms with E-state index in [2.05, 4.69) is 10.4 Å². The minimum atomic E-state index is -0.456. The van der Waals surface area contributed by atoms with Gasteiger partial charge in [0.15, 0.2) is 0 Å². The number of hydrogen-bond acceptors (Lipinski definition) is 6. The Morgan fingerprint density at radius 2 is 2.00 bits per heavy atom. The zero-order chi connectivity index (χ0) is 18.4. The van der Waals surface area contributed by atoms with Gasteiger partial charge in [-0.2, -0.15) is 5.10 Å². The maximum absolute atomic E-state index is 12.0. The SMILES string of the molecule is Cc1nn(CCC(=O)Nc2ccc(OCCN)cc2)c(C)c1[N+](=O)[O-].Cl. The summed E-state index contributed by atoms with van der Waals surface area (Å²) < 4.78 is 6.85. The van der Waals surface area contributed by atoms with E-state index in [1.165, 1.54) is 4.68 Å². The minimum Gasteiger partial charge on any atom is -0.492 e. The average molecular weight is 384 g/mol. The van der Waals surface area contributed by atoms with Crippen molar-refractivity contribution in [2.45, 2.75) is 26.8 Å². The number of nitro groups is 1. The Morgan fingerprint density at radius 3 is 2.54 bits per heavy atom. The van der Waals surface area contributed by atoms with Crippen molar-refractivity contribution in [1.82, 2.24) is 9.78 Å². The molecule has 0 spiro atoms. The number of aromatic nitrogens is 2. The Hall–Kier alpha value is -2.65. The molecular weight excluding hydrogens is 362 g/mol. The molecule has 0 fully saturated rings. The molecule has 3 N–H and O–H groups in total. The van der Waals surface area contributed by atoms with Crippen LogP contribution in [0.5, 0.6) is 5.75 Å². The number of hydrogen-bond donors (Lipinski definition) is 2. The van der Waals surface area contributed by atoms with Gasteiger partial charge in [0.2, 0.25) is 5.91 Å². The summed E-state index contributed by atoms with van der Waals surface area (Å²) in [5.41, 5.74) is 6.79. The Balaban J connectivity index is 0.00000338. The first kappa shape index (κ1) is 21.4. The summed E-state index contributed by atoms with van der Waals surface area (Å²) >= 11 is 0. The standard InChI is InChI=1S/C16H21N5O4.ClH/c1-11-16(21(23)24)12(2)20(19-11)9-7-15(22)18-13-3-5-14(6-4-13)25-10-8-17;/h3-6H,7-10,17H2,1-2H3,(H,18,22);1H. The second-order valence-corrected chi connectivity index (χ2v) is 5.46. The minimum absolute atomic E-state index is 0. The van der Waals surface area contributed by atoms with Gasteiger partial charge in [0.05, 0.1) is 11.5 Å². The van der Waals surface area contributed by atoms with Gasteiger partial charge in [0.1, 0.15) is 23.7 Å². The molecule has 0 bridgehead atoms. The van der Waals surface area contributed by atoms with Crippen molar-refractivity contribution < 1.29 is 14.5 Å². The number of rotatable bonds is 8. The summed E-state index contributed by atoms with van der Waals surface area (Å²) in [5.74, 6) is 0.476. The van der Waals surface area contributed by atoms with Gasteiger partial charge in [-0.05, 0) is 38.1 Å². The number of benzene rings is 1. The lowest BCUT2D eigenvalue weighted by atomic mass is 10.3. The van der Waals surface area contributed by atoms with Crippen LogP contribution >= 0.6 is 12.4 Å². The first-order valence-electron chi connectivity index (χ1n) is 7.83. The number of ether oxygens (including phenoxy) is 1. The van der Waals surface area contributed by atoms with Crippen LogP contribution in [0.15, 0.2) is 24.3 Å². The predicted molar refractivity (Wildman–Crippen MR) is 99.8 cm³/mol. The van der Waals surface area contributed by atoms with Crippen LogP contribution in [0.1, 0.15) is 17.8 Å². The van der Waals surface area contributed by atoms with E-state index < -0.39 is 4.92 Å². The van der Waals surface area contributed by atoms with Crippen LogP contribution in [0, 0.1) is 24.0 Å². The van der Waals surface area contributed by atoms with E-state index in [-0.39, 0.29) is 37.0 Å². The average Bonchev–Trinajstić information content (AvgIpc) is 2.86. The summed E-state index contributed by atoms with van der Waals surface area (Å²) in [6.45, 7) is 4.33. The quantitative estimate of drug-likeness (QED) is 0.531. The molecule has 2 rings (SSSR count). The molecule has 1 amide bonds. The molecule has 9 nitrogen and oxygen atoms in total. The summed E-state index contributed by atoms with van der Waals surface area (Å²) in [6.07, 6.45) is 0.157. The fraction of sp³-hybridized carbons (Fsp3) is 0.375. The molecule has 2 aromatic rings. The number of nitrogens with zero attached hydrogens (tertiary/aromatic N) is 3. The van der Waals surface area contributed by atoms with Crippen molar-refractivity contribution in [2.24, 2.45) is 5.73 Å². The van der Waals surface area contributed by atoms with Crippen LogP contribution in [0.3, 0.4) is 0 Å². The lowest BCUT2D eigenvalue weighted by molar-refractivity contribution is -0.386. The van der Waals surface area contributed by atoms with Gasteiger partial charge in [-0.1, -0.05) is 0 Å². The van der Waals surface area contributed by atoms with Gasteiger partial charge in [-0.25, -0.2) is 0 Å². The number of nitrogens with two attached hydrogens (primary N) is 1. The molecule has 0 radical (unpaired) electrons. The fourth-order valence-corrected chi connectivity index (χ4v) is 2.41. The van der Waals surface area contributed by atoms with Crippen molar-refractivity contribution in [3.8, 4) is 5.75 Å². The van der Waals surface area contributed by atoms with Gasteiger partial charge in [0.25, 0.3) is 0 Å². The van der Waals surface area contributed by atoms with Crippen LogP contribution < -0.4 is 15.8 Å². The smallest absolute Gasteiger partial charge is 0.312 e. The third-order valence-corrected chi connectivity index (χ3v) is 3.60. The highest BCUT2D eigenvalue weighted by atomic mass is 35.5. The highest BCUT2D eigenvalue weighted by molar-refractivity contribution is 5.90. The maximum Gasteiger partial charge on any atom is 0.312 e. The normalized spacial score (nSPS) is 10.1. The molecule has 26 heavy (non-hydrogen) atoms. The van der Waals surface area contributed by atoms with Crippen molar-refractivity contribution in [3.63, 3.8) is 0 Å². The number of amides is 1. The molecule has 1 heterocycles. The molecule has 0 aliphatic rings. The van der Waals surface area contributed by atoms with Crippen LogP contribution in [0.4, 0.5) is 11.4 Å². The first-order chi connectivity index (χ1) is 11.9. The lowest BCUT2D eigenvalue weighted by Crippen LogP contribution is -2.15. The second-order valence-electron chi connectivity index (χ2n) is 5.46. The van der Waals surface area contributed by atoms with E-state index >= 15 is 0 Å². The number of anilines is 1. The summed E-state index contributed by atoms with van der Waals surface area (Å²) in [5, 5.41) is 17.9. The van der Waals surface area contributed by atoms with Gasteiger partial charge >= 0.3 is 5.69 Å². The van der Waals surface area contributed by atoms with Crippen LogP contribution in [-0.4, -0.2) is 33.8 Å². The molecule has 1 aromatic heterocycles. The third-order valence-electron chi connectivity index (χ3n) is 3.60. The van der Waals surface area contributed by atoms with Crippen LogP contribution in [0.25, 0.3) is 0 Å². The van der Waals surface area contributed by atoms with E-state index in [0.29, 0.717) is 36.0 Å². The van der Waals surface area contributed by atoms with Gasteiger partial charge in [-0.15, -0.1) is 12.4 Å². The zero-order valence-corrected chi connectivity index (χ0v) is 15.4. The lowest BCUT2D eigenvalue weighted by Gasteiger charge is -2.08. The van der Waals surface area contributed by atoms with E-state index in [1.54, 1.807) is 38.1 Å². The first-order valence-corrected chi connectivity index (χ1v) is 7.83. The number of aryl methyl sites for hydroxylation is 2. The number of halogens is 1. The molecule has 0 aliphatic heterocycles. The van der Waals surface area contributed by atoms with Gasteiger partial charge in [0, 0.05) is 18.7 Å². The largest absolute Gasteiger partial charge is 0.492 e. The number of carbonyl (C=O) groups is 1.